The van der Waals surface area contributed by atoms with E-state index in [1.807, 2.05) is 0 Å². The minimum atomic E-state index is -3.56. The molecule has 0 saturated heterocycles. The summed E-state index contributed by atoms with van der Waals surface area (Å²) in [5.41, 5.74) is -0.761. The summed E-state index contributed by atoms with van der Waals surface area (Å²) >= 11 is 11.8. The van der Waals surface area contributed by atoms with Crippen molar-refractivity contribution in [3.8, 4) is 0 Å². The van der Waals surface area contributed by atoms with E-state index in [9.17, 15) is 0 Å². The van der Waals surface area contributed by atoms with Gasteiger partial charge in [-0.25, -0.2) is 4.99 Å². The van der Waals surface area contributed by atoms with Gasteiger partial charge in [0.1, 0.15) is 10.3 Å². The van der Waals surface area contributed by atoms with E-state index in [0.717, 1.165) is 0 Å². The summed E-state index contributed by atoms with van der Waals surface area (Å²) in [5.74, 6) is -0.229. The molecule has 0 atom stereocenters. The summed E-state index contributed by atoms with van der Waals surface area (Å²) in [5, 5.41) is -1.21. The van der Waals surface area contributed by atoms with Gasteiger partial charge in [0.25, 0.3) is 5.95 Å². The first-order valence-electron chi connectivity index (χ1n) is 8.91. The molecule has 1 aromatic heterocycles. The van der Waals surface area contributed by atoms with Gasteiger partial charge in [-0.2, -0.15) is 9.97 Å². The lowest BCUT2D eigenvalue weighted by atomic mass is 10.1. The number of hydrogen-bond donors (Lipinski definition) is 0. The Labute approximate surface area is 124 Å². The summed E-state index contributed by atoms with van der Waals surface area (Å²) < 4.78 is 68.6. The van der Waals surface area contributed by atoms with Crippen molar-refractivity contribution in [3.05, 3.63) is 15.9 Å². The van der Waals surface area contributed by atoms with Gasteiger partial charge in [-0.3, -0.25) is 0 Å². The number of halogens is 2. The Morgan fingerprint density at radius 1 is 1.41 bits per heavy atom. The molecule has 94 valence electrons. The zero-order valence-corrected chi connectivity index (χ0v) is 10.6. The number of rotatable bonds is 5. The highest BCUT2D eigenvalue weighted by atomic mass is 35.5. The SMILES string of the molecule is [2H]C([2H])([2H])C([2H])([2H])C([2H])([2H])C([2H])([2H])c1c(Cl)nc(N=CN(C)C)nc1Cl. The molecule has 0 bridgehead atoms. The highest BCUT2D eigenvalue weighted by Gasteiger charge is 2.10. The van der Waals surface area contributed by atoms with Crippen molar-refractivity contribution in [1.29, 1.82) is 0 Å². The van der Waals surface area contributed by atoms with Gasteiger partial charge in [0, 0.05) is 32.0 Å². The maximum Gasteiger partial charge on any atom is 0.253 e. The fourth-order valence-electron chi connectivity index (χ4n) is 0.819. The third-order valence-electron chi connectivity index (χ3n) is 1.46. The molecule has 4 nitrogen and oxygen atoms in total. The van der Waals surface area contributed by atoms with Crippen molar-refractivity contribution < 1.29 is 12.3 Å². The molecular weight excluding hydrogens is 259 g/mol. The topological polar surface area (TPSA) is 41.4 Å². The van der Waals surface area contributed by atoms with Gasteiger partial charge in [0.05, 0.1) is 6.34 Å². The molecule has 0 radical (unpaired) electrons. The number of hydrogen-bond acceptors (Lipinski definition) is 3. The minimum absolute atomic E-state index is 0.229. The first kappa shape index (κ1) is 5.85. The summed E-state index contributed by atoms with van der Waals surface area (Å²) in [4.78, 5) is 12.8. The van der Waals surface area contributed by atoms with Gasteiger partial charge in [0.2, 0.25) is 0 Å². The maximum absolute atomic E-state index is 8.03. The van der Waals surface area contributed by atoms with Gasteiger partial charge in [-0.05, 0) is 12.7 Å². The van der Waals surface area contributed by atoms with E-state index in [4.69, 9.17) is 35.5 Å². The van der Waals surface area contributed by atoms with Crippen LogP contribution in [0.2, 0.25) is 10.3 Å². The third kappa shape index (κ3) is 4.48. The van der Waals surface area contributed by atoms with Crippen molar-refractivity contribution in [1.82, 2.24) is 14.9 Å². The average molecular weight is 284 g/mol. The van der Waals surface area contributed by atoms with Crippen molar-refractivity contribution in [2.24, 2.45) is 4.99 Å². The van der Waals surface area contributed by atoms with E-state index in [1.165, 1.54) is 6.34 Å². The van der Waals surface area contributed by atoms with Gasteiger partial charge in [0.15, 0.2) is 0 Å². The van der Waals surface area contributed by atoms with Crippen LogP contribution in [0.1, 0.15) is 37.5 Å². The summed E-state index contributed by atoms with van der Waals surface area (Å²) in [6.07, 6.45) is -9.04. The summed E-state index contributed by atoms with van der Waals surface area (Å²) in [7, 11) is 3.34. The second-order valence-electron chi connectivity index (χ2n) is 3.06. The second kappa shape index (κ2) is 6.77. The van der Waals surface area contributed by atoms with E-state index in [1.54, 1.807) is 19.0 Å². The molecule has 0 unspecified atom stereocenters. The molecule has 6 heteroatoms. The van der Waals surface area contributed by atoms with Crippen LogP contribution < -0.4 is 0 Å². The molecule has 1 heterocycles. The monoisotopic (exact) mass is 283 g/mol. The van der Waals surface area contributed by atoms with Gasteiger partial charge >= 0.3 is 0 Å². The standard InChI is InChI=1S/C11H16Cl2N4/c1-4-5-6-8-9(12)15-11(16-10(8)13)14-7-17(2)3/h7H,4-6H2,1-3H3/i1D3,4D2,5D2,6D2. The van der Waals surface area contributed by atoms with Gasteiger partial charge in [-0.15, -0.1) is 0 Å². The fraction of sp³-hybridized carbons (Fsp3) is 0.545. The van der Waals surface area contributed by atoms with Crippen LogP contribution in [0.15, 0.2) is 4.99 Å². The summed E-state index contributed by atoms with van der Waals surface area (Å²) in [6.45, 7) is -3.44. The Morgan fingerprint density at radius 3 is 2.59 bits per heavy atom. The van der Waals surface area contributed by atoms with E-state index < -0.39 is 41.8 Å². The van der Waals surface area contributed by atoms with Crippen LogP contribution in [-0.2, 0) is 6.37 Å². The van der Waals surface area contributed by atoms with Crippen molar-refractivity contribution in [2.75, 3.05) is 14.1 Å². The maximum atomic E-state index is 8.03. The Morgan fingerprint density at radius 2 is 2.06 bits per heavy atom. The molecule has 1 rings (SSSR count). The van der Waals surface area contributed by atoms with Crippen LogP contribution in [-0.4, -0.2) is 35.3 Å². The fourth-order valence-corrected chi connectivity index (χ4v) is 1.29. The zero-order valence-electron chi connectivity index (χ0n) is 18.1. The van der Waals surface area contributed by atoms with E-state index >= 15 is 0 Å². The Balaban J connectivity index is 3.54. The molecule has 0 amide bonds. The molecule has 0 aromatic carbocycles. The lowest BCUT2D eigenvalue weighted by Crippen LogP contribution is -2.07. The normalized spacial score (nSPS) is 22.2. The highest BCUT2D eigenvalue weighted by molar-refractivity contribution is 6.34. The first-order chi connectivity index (χ1) is 11.5. The number of aromatic nitrogens is 2. The molecule has 0 saturated carbocycles. The van der Waals surface area contributed by atoms with Crippen LogP contribution in [0.25, 0.3) is 0 Å². The molecule has 0 aliphatic heterocycles. The molecule has 0 fully saturated rings. The predicted octanol–water partition coefficient (Wildman–Crippen LogP) is 3.35. The molecule has 0 N–H and O–H groups in total. The van der Waals surface area contributed by atoms with Crippen molar-refractivity contribution in [2.45, 2.75) is 26.0 Å². The Bertz CT molecular complexity index is 680. The van der Waals surface area contributed by atoms with E-state index in [2.05, 4.69) is 15.0 Å². The quantitative estimate of drug-likeness (QED) is 0.473. The number of nitrogens with zero attached hydrogens (tertiary/aromatic N) is 4. The third-order valence-corrected chi connectivity index (χ3v) is 2.01. The lowest BCUT2D eigenvalue weighted by molar-refractivity contribution is 0.642. The summed E-state index contributed by atoms with van der Waals surface area (Å²) in [6, 6.07) is 0. The van der Waals surface area contributed by atoms with Crippen LogP contribution in [0, 0.1) is 0 Å². The highest BCUT2D eigenvalue weighted by Crippen LogP contribution is 2.25. The molecule has 1 aromatic rings. The molecule has 17 heavy (non-hydrogen) atoms. The zero-order chi connectivity index (χ0) is 20.7. The van der Waals surface area contributed by atoms with Crippen LogP contribution in [0.4, 0.5) is 5.95 Å². The number of aliphatic imine (C=N–C) groups is 1. The average Bonchev–Trinajstić information content (AvgIpc) is 2.42. The van der Waals surface area contributed by atoms with Gasteiger partial charge in [-0.1, -0.05) is 36.4 Å². The molecule has 0 aliphatic carbocycles. The second-order valence-corrected chi connectivity index (χ2v) is 3.78. The van der Waals surface area contributed by atoms with E-state index in [-0.39, 0.29) is 5.95 Å². The largest absolute Gasteiger partial charge is 0.369 e. The predicted molar refractivity (Wildman–Crippen MR) is 72.5 cm³/mol. The van der Waals surface area contributed by atoms with Crippen LogP contribution in [0.3, 0.4) is 0 Å². The smallest absolute Gasteiger partial charge is 0.253 e. The van der Waals surface area contributed by atoms with Crippen LogP contribution in [0.5, 0.6) is 0 Å². The van der Waals surface area contributed by atoms with Crippen molar-refractivity contribution >= 4 is 35.5 Å². The molecule has 0 aliphatic rings. The Kier molecular flexibility index (Phi) is 2.33. The first-order valence-corrected chi connectivity index (χ1v) is 5.16. The van der Waals surface area contributed by atoms with E-state index in [0.29, 0.717) is 0 Å². The minimum Gasteiger partial charge on any atom is -0.369 e. The van der Waals surface area contributed by atoms with Crippen LogP contribution >= 0.6 is 23.2 Å². The van der Waals surface area contributed by atoms with Crippen molar-refractivity contribution in [3.63, 3.8) is 0 Å². The Hall–Kier alpha value is -0.870. The van der Waals surface area contributed by atoms with Gasteiger partial charge < -0.3 is 4.90 Å². The molecule has 0 spiro atoms. The molecular formula is C11H16Cl2N4. The lowest BCUT2D eigenvalue weighted by Gasteiger charge is -2.06.